The smallest absolute Gasteiger partial charge is 0.256 e. The van der Waals surface area contributed by atoms with Gasteiger partial charge in [-0.1, -0.05) is 18.7 Å². The summed E-state index contributed by atoms with van der Waals surface area (Å²) >= 11 is 1.27. The number of amides is 1. The summed E-state index contributed by atoms with van der Waals surface area (Å²) in [5, 5.41) is 0.433. The number of benzene rings is 1. The first-order valence-electron chi connectivity index (χ1n) is 7.89. The van der Waals surface area contributed by atoms with Gasteiger partial charge in [0.25, 0.3) is 5.22 Å². The van der Waals surface area contributed by atoms with Gasteiger partial charge < -0.3 is 14.1 Å². The topological polar surface area (TPSA) is 55.6 Å². The van der Waals surface area contributed by atoms with Gasteiger partial charge in [0.1, 0.15) is 5.82 Å². The summed E-state index contributed by atoms with van der Waals surface area (Å²) in [5.41, 5.74) is 0.751. The largest absolute Gasteiger partial charge is 0.431 e. The lowest BCUT2D eigenvalue weighted by Gasteiger charge is -2.32. The van der Waals surface area contributed by atoms with Crippen LogP contribution in [0.1, 0.15) is 13.3 Å². The number of halogens is 1. The van der Waals surface area contributed by atoms with E-state index in [1.165, 1.54) is 23.9 Å². The van der Waals surface area contributed by atoms with E-state index >= 15 is 0 Å². The maximum absolute atomic E-state index is 12.9. The number of nitrogens with zero attached hydrogens (tertiary/aromatic N) is 2. The number of oxazole rings is 1. The second-order valence-corrected chi connectivity index (χ2v) is 6.45. The average molecular weight is 350 g/mol. The van der Waals surface area contributed by atoms with Crippen LogP contribution in [0.15, 0.2) is 40.1 Å². The third-order valence-corrected chi connectivity index (χ3v) is 4.71. The van der Waals surface area contributed by atoms with Crippen molar-refractivity contribution in [3.8, 4) is 11.3 Å². The highest BCUT2D eigenvalue weighted by Crippen LogP contribution is 2.26. The van der Waals surface area contributed by atoms with E-state index in [4.69, 9.17) is 9.15 Å². The summed E-state index contributed by atoms with van der Waals surface area (Å²) in [5.74, 6) is 0.597. The Morgan fingerprint density at radius 2 is 2.21 bits per heavy atom. The van der Waals surface area contributed by atoms with Crippen molar-refractivity contribution in [1.29, 1.82) is 0 Å². The molecule has 1 unspecified atom stereocenters. The van der Waals surface area contributed by atoms with Crippen molar-refractivity contribution in [3.05, 3.63) is 36.3 Å². The summed E-state index contributed by atoms with van der Waals surface area (Å²) in [6, 6.07) is 6.01. The molecule has 2 heterocycles. The molecule has 1 saturated heterocycles. The van der Waals surface area contributed by atoms with Crippen LogP contribution in [0, 0.1) is 5.82 Å². The average Bonchev–Trinajstić information content (AvgIpc) is 3.09. The van der Waals surface area contributed by atoms with E-state index in [1.54, 1.807) is 18.3 Å². The Morgan fingerprint density at radius 3 is 2.96 bits per heavy atom. The summed E-state index contributed by atoms with van der Waals surface area (Å²) in [6.45, 7) is 3.91. The Bertz CT molecular complexity index is 689. The monoisotopic (exact) mass is 350 g/mol. The lowest BCUT2D eigenvalue weighted by Crippen LogP contribution is -2.46. The Labute approximate surface area is 144 Å². The van der Waals surface area contributed by atoms with Gasteiger partial charge in [0.05, 0.1) is 24.7 Å². The highest BCUT2D eigenvalue weighted by atomic mass is 32.2. The van der Waals surface area contributed by atoms with E-state index in [9.17, 15) is 9.18 Å². The molecule has 0 aliphatic carbocycles. The van der Waals surface area contributed by atoms with E-state index in [1.807, 2.05) is 4.90 Å². The molecule has 0 radical (unpaired) electrons. The van der Waals surface area contributed by atoms with Gasteiger partial charge in [-0.3, -0.25) is 4.79 Å². The van der Waals surface area contributed by atoms with Crippen LogP contribution in [0.4, 0.5) is 4.39 Å². The number of hydrogen-bond donors (Lipinski definition) is 0. The van der Waals surface area contributed by atoms with Crippen LogP contribution in [-0.2, 0) is 9.53 Å². The van der Waals surface area contributed by atoms with Gasteiger partial charge in [0.15, 0.2) is 5.76 Å². The Kier molecular flexibility index (Phi) is 5.52. The van der Waals surface area contributed by atoms with Crippen molar-refractivity contribution in [2.75, 3.05) is 25.4 Å². The molecule has 7 heteroatoms. The van der Waals surface area contributed by atoms with Crippen LogP contribution in [0.3, 0.4) is 0 Å². The van der Waals surface area contributed by atoms with E-state index in [0.29, 0.717) is 30.7 Å². The van der Waals surface area contributed by atoms with Crippen LogP contribution in [0.5, 0.6) is 0 Å². The molecule has 1 atom stereocenters. The van der Waals surface area contributed by atoms with Crippen molar-refractivity contribution in [1.82, 2.24) is 9.88 Å². The molecular formula is C17H19FN2O3S. The first kappa shape index (κ1) is 17.0. The fourth-order valence-electron chi connectivity index (χ4n) is 2.48. The quantitative estimate of drug-likeness (QED) is 0.775. The molecule has 0 spiro atoms. The molecule has 0 saturated carbocycles. The standard InChI is InChI=1S/C17H19FN2O3S/c1-2-14-10-20(7-8-22-14)16(21)11-24-17-19-9-15(23-17)12-3-5-13(18)6-4-12/h3-6,9,14H,2,7-8,10-11H2,1H3. The molecule has 3 rings (SSSR count). The van der Waals surface area contributed by atoms with E-state index in [0.717, 1.165) is 12.0 Å². The van der Waals surface area contributed by atoms with E-state index < -0.39 is 0 Å². The molecule has 128 valence electrons. The lowest BCUT2D eigenvalue weighted by molar-refractivity contribution is -0.135. The highest BCUT2D eigenvalue weighted by molar-refractivity contribution is 7.99. The zero-order valence-electron chi connectivity index (χ0n) is 13.4. The molecule has 1 aromatic heterocycles. The third kappa shape index (κ3) is 4.15. The third-order valence-electron chi connectivity index (χ3n) is 3.88. The van der Waals surface area contributed by atoms with Crippen molar-refractivity contribution in [2.24, 2.45) is 0 Å². The maximum Gasteiger partial charge on any atom is 0.256 e. The molecule has 1 aliphatic heterocycles. The molecule has 1 aliphatic rings. The van der Waals surface area contributed by atoms with Crippen LogP contribution >= 0.6 is 11.8 Å². The second kappa shape index (κ2) is 7.81. The van der Waals surface area contributed by atoms with Gasteiger partial charge in [-0.15, -0.1) is 0 Å². The lowest BCUT2D eigenvalue weighted by atomic mass is 10.2. The highest BCUT2D eigenvalue weighted by Gasteiger charge is 2.23. The van der Waals surface area contributed by atoms with Gasteiger partial charge in [0.2, 0.25) is 5.91 Å². The predicted octanol–water partition coefficient (Wildman–Crippen LogP) is 3.21. The van der Waals surface area contributed by atoms with Crippen molar-refractivity contribution < 1.29 is 18.3 Å². The minimum Gasteiger partial charge on any atom is -0.431 e. The SMILES string of the molecule is CCC1CN(C(=O)CSc2ncc(-c3ccc(F)cc3)o2)CCO1. The minimum absolute atomic E-state index is 0.0586. The first-order chi connectivity index (χ1) is 11.7. The molecule has 0 bridgehead atoms. The number of carbonyl (C=O) groups excluding carboxylic acids is 1. The van der Waals surface area contributed by atoms with Crippen LogP contribution < -0.4 is 0 Å². The van der Waals surface area contributed by atoms with Crippen LogP contribution in [-0.4, -0.2) is 47.3 Å². The van der Waals surface area contributed by atoms with Gasteiger partial charge in [-0.2, -0.15) is 0 Å². The fourth-order valence-corrected chi connectivity index (χ4v) is 3.19. The molecule has 5 nitrogen and oxygen atoms in total. The van der Waals surface area contributed by atoms with E-state index in [2.05, 4.69) is 11.9 Å². The second-order valence-electron chi connectivity index (χ2n) is 5.53. The molecular weight excluding hydrogens is 331 g/mol. The zero-order chi connectivity index (χ0) is 16.9. The fraction of sp³-hybridized carbons (Fsp3) is 0.412. The molecule has 1 amide bonds. The number of ether oxygens (including phenoxy) is 1. The van der Waals surface area contributed by atoms with Crippen molar-refractivity contribution in [2.45, 2.75) is 24.7 Å². The first-order valence-corrected chi connectivity index (χ1v) is 8.88. The Morgan fingerprint density at radius 1 is 1.42 bits per heavy atom. The Hall–Kier alpha value is -1.86. The van der Waals surface area contributed by atoms with Crippen molar-refractivity contribution in [3.63, 3.8) is 0 Å². The van der Waals surface area contributed by atoms with Gasteiger partial charge in [-0.05, 0) is 30.7 Å². The summed E-state index contributed by atoms with van der Waals surface area (Å²) in [6.07, 6.45) is 2.61. The number of morpholine rings is 1. The normalized spacial score (nSPS) is 17.9. The van der Waals surface area contributed by atoms with E-state index in [-0.39, 0.29) is 23.6 Å². The summed E-state index contributed by atoms with van der Waals surface area (Å²) < 4.78 is 24.1. The minimum atomic E-state index is -0.297. The molecule has 24 heavy (non-hydrogen) atoms. The van der Waals surface area contributed by atoms with Crippen LogP contribution in [0.2, 0.25) is 0 Å². The predicted molar refractivity (Wildman–Crippen MR) is 89.2 cm³/mol. The van der Waals surface area contributed by atoms with Gasteiger partial charge in [0, 0.05) is 18.7 Å². The summed E-state index contributed by atoms with van der Waals surface area (Å²) in [4.78, 5) is 18.3. The molecule has 0 N–H and O–H groups in total. The zero-order valence-corrected chi connectivity index (χ0v) is 14.2. The molecule has 1 aromatic carbocycles. The maximum atomic E-state index is 12.9. The Balaban J connectivity index is 1.55. The number of aromatic nitrogens is 1. The van der Waals surface area contributed by atoms with Crippen LogP contribution in [0.25, 0.3) is 11.3 Å². The number of hydrogen-bond acceptors (Lipinski definition) is 5. The number of carbonyl (C=O) groups is 1. The number of rotatable bonds is 5. The number of thioether (sulfide) groups is 1. The summed E-state index contributed by atoms with van der Waals surface area (Å²) in [7, 11) is 0. The van der Waals surface area contributed by atoms with Crippen molar-refractivity contribution >= 4 is 17.7 Å². The van der Waals surface area contributed by atoms with Gasteiger partial charge in [-0.25, -0.2) is 9.37 Å². The molecule has 1 fully saturated rings. The molecule has 2 aromatic rings. The van der Waals surface area contributed by atoms with Gasteiger partial charge >= 0.3 is 0 Å².